The van der Waals surface area contributed by atoms with Crippen LogP contribution in [0.1, 0.15) is 10.4 Å². The van der Waals surface area contributed by atoms with Crippen molar-refractivity contribution in [3.05, 3.63) is 39.2 Å². The Bertz CT molecular complexity index is 603. The zero-order valence-electron chi connectivity index (χ0n) is 7.67. The molecule has 0 aliphatic rings. The molecule has 1 aromatic carbocycles. The predicted molar refractivity (Wildman–Crippen MR) is 61.4 cm³/mol. The van der Waals surface area contributed by atoms with Gasteiger partial charge in [-0.2, -0.15) is 0 Å². The highest BCUT2D eigenvalue weighted by Gasteiger charge is 2.13. The summed E-state index contributed by atoms with van der Waals surface area (Å²) in [7, 11) is 0. The van der Waals surface area contributed by atoms with Gasteiger partial charge in [0.15, 0.2) is 5.82 Å². The van der Waals surface area contributed by atoms with Crippen molar-refractivity contribution in [1.82, 2.24) is 4.98 Å². The predicted octanol–water partition coefficient (Wildman–Crippen LogP) is 3.49. The zero-order valence-corrected chi connectivity index (χ0v) is 10.0. The molecule has 0 unspecified atom stereocenters. The van der Waals surface area contributed by atoms with Crippen molar-refractivity contribution in [2.24, 2.45) is 0 Å². The molecule has 1 N–H and O–H groups in total. The molecule has 1 aromatic heterocycles. The molecule has 0 fully saturated rings. The third-order valence-corrected chi connectivity index (χ3v) is 3.36. The molecule has 2 aromatic rings. The van der Waals surface area contributed by atoms with Crippen LogP contribution in [0.15, 0.2) is 22.8 Å². The molecule has 3 nitrogen and oxygen atoms in total. The van der Waals surface area contributed by atoms with Gasteiger partial charge in [0.2, 0.25) is 0 Å². The van der Waals surface area contributed by atoms with Crippen molar-refractivity contribution in [1.29, 1.82) is 0 Å². The lowest BCUT2D eigenvalue weighted by molar-refractivity contribution is 0.0696. The first kappa shape index (κ1) is 11.3. The molecule has 16 heavy (non-hydrogen) atoms. The lowest BCUT2D eigenvalue weighted by Gasteiger charge is -2.04. The zero-order chi connectivity index (χ0) is 11.9. The number of nitrogens with zero attached hydrogens (tertiary/aromatic N) is 1. The first-order chi connectivity index (χ1) is 7.50. The number of halogens is 3. The second-order valence-electron chi connectivity index (χ2n) is 3.09. The van der Waals surface area contributed by atoms with Crippen LogP contribution in [-0.4, -0.2) is 16.1 Å². The Hall–Kier alpha value is -1.20. The van der Waals surface area contributed by atoms with Crippen LogP contribution < -0.4 is 0 Å². The van der Waals surface area contributed by atoms with Crippen LogP contribution in [0, 0.1) is 5.82 Å². The van der Waals surface area contributed by atoms with E-state index in [1.165, 1.54) is 12.1 Å². The van der Waals surface area contributed by atoms with Crippen LogP contribution in [0.5, 0.6) is 0 Å². The Labute approximate surface area is 103 Å². The number of aromatic nitrogens is 1. The lowest BCUT2D eigenvalue weighted by Crippen LogP contribution is -1.98. The molecule has 0 bridgehead atoms. The molecule has 82 valence electrons. The minimum Gasteiger partial charge on any atom is -0.478 e. The first-order valence-corrected chi connectivity index (χ1v) is 5.34. The second-order valence-corrected chi connectivity index (χ2v) is 4.29. The number of pyridine rings is 1. The van der Waals surface area contributed by atoms with Gasteiger partial charge in [0.25, 0.3) is 0 Å². The molecule has 0 amide bonds. The van der Waals surface area contributed by atoms with Gasteiger partial charge in [-0.15, -0.1) is 0 Å². The monoisotopic (exact) mass is 303 g/mol. The van der Waals surface area contributed by atoms with Crippen molar-refractivity contribution >= 4 is 44.4 Å². The fourth-order valence-electron chi connectivity index (χ4n) is 1.30. The fraction of sp³-hybridized carbons (Fsp3) is 0. The Morgan fingerprint density at radius 3 is 2.81 bits per heavy atom. The van der Waals surface area contributed by atoms with E-state index in [1.54, 1.807) is 0 Å². The van der Waals surface area contributed by atoms with Crippen molar-refractivity contribution < 1.29 is 14.3 Å². The van der Waals surface area contributed by atoms with Crippen molar-refractivity contribution in [2.75, 3.05) is 0 Å². The summed E-state index contributed by atoms with van der Waals surface area (Å²) in [6, 6.07) is 2.79. The maximum Gasteiger partial charge on any atom is 0.337 e. The van der Waals surface area contributed by atoms with E-state index in [2.05, 4.69) is 20.9 Å². The van der Waals surface area contributed by atoms with Crippen LogP contribution in [-0.2, 0) is 0 Å². The largest absolute Gasteiger partial charge is 0.478 e. The van der Waals surface area contributed by atoms with Gasteiger partial charge in [-0.05, 0) is 28.1 Å². The van der Waals surface area contributed by atoms with E-state index in [1.807, 2.05) is 0 Å². The first-order valence-electron chi connectivity index (χ1n) is 4.17. The van der Waals surface area contributed by atoms with Crippen molar-refractivity contribution in [3.8, 4) is 0 Å². The molecule has 0 saturated heterocycles. The molecule has 0 aliphatic carbocycles. The molecule has 0 radical (unpaired) electrons. The highest BCUT2D eigenvalue weighted by molar-refractivity contribution is 9.10. The minimum absolute atomic E-state index is 0.00899. The minimum atomic E-state index is -1.12. The summed E-state index contributed by atoms with van der Waals surface area (Å²) in [5, 5.41) is 9.29. The maximum absolute atomic E-state index is 13.7. The summed E-state index contributed by atoms with van der Waals surface area (Å²) >= 11 is 8.75. The van der Waals surface area contributed by atoms with E-state index in [4.69, 9.17) is 16.7 Å². The van der Waals surface area contributed by atoms with E-state index in [0.717, 1.165) is 6.20 Å². The molecule has 1 heterocycles. The van der Waals surface area contributed by atoms with Gasteiger partial charge in [0.1, 0.15) is 5.52 Å². The molecular formula is C10H4BrClFNO2. The number of carbonyl (C=O) groups is 1. The normalized spacial score (nSPS) is 10.7. The van der Waals surface area contributed by atoms with Crippen molar-refractivity contribution in [2.45, 2.75) is 0 Å². The number of carboxylic acids is 1. The molecular weight excluding hydrogens is 300 g/mol. The average molecular weight is 305 g/mol. The van der Waals surface area contributed by atoms with Gasteiger partial charge in [-0.1, -0.05) is 11.6 Å². The number of hydrogen-bond donors (Lipinski definition) is 1. The van der Waals surface area contributed by atoms with E-state index in [-0.39, 0.29) is 20.6 Å². The molecule has 0 spiro atoms. The summed E-state index contributed by atoms with van der Waals surface area (Å²) in [5.41, 5.74) is 0.0755. The number of hydrogen-bond acceptors (Lipinski definition) is 2. The molecule has 0 saturated carbocycles. The van der Waals surface area contributed by atoms with E-state index in [0.29, 0.717) is 5.39 Å². The Kier molecular flexibility index (Phi) is 2.82. The number of rotatable bonds is 1. The smallest absolute Gasteiger partial charge is 0.337 e. The van der Waals surface area contributed by atoms with Gasteiger partial charge in [0.05, 0.1) is 15.1 Å². The summed E-state index contributed by atoms with van der Waals surface area (Å²) < 4.78 is 13.8. The molecule has 0 atom stereocenters. The van der Waals surface area contributed by atoms with E-state index >= 15 is 0 Å². The summed E-state index contributed by atoms with van der Waals surface area (Å²) in [4.78, 5) is 14.5. The van der Waals surface area contributed by atoms with E-state index < -0.39 is 11.8 Å². The molecule has 6 heteroatoms. The van der Waals surface area contributed by atoms with Crippen LogP contribution in [0.2, 0.25) is 5.02 Å². The lowest BCUT2D eigenvalue weighted by atomic mass is 10.1. The SMILES string of the molecule is O=C(O)c1cnc2c(F)c(Br)c(Cl)cc2c1. The topological polar surface area (TPSA) is 50.2 Å². The summed E-state index contributed by atoms with van der Waals surface area (Å²) in [6.07, 6.45) is 1.11. The third kappa shape index (κ3) is 1.76. The Morgan fingerprint density at radius 1 is 1.50 bits per heavy atom. The maximum atomic E-state index is 13.7. The van der Waals surface area contributed by atoms with E-state index in [9.17, 15) is 9.18 Å². The standard InChI is InChI=1S/C10H4BrClFNO2/c11-7-6(12)2-4-1-5(10(15)16)3-14-9(4)8(7)13/h1-3H,(H,15,16). The van der Waals surface area contributed by atoms with Crippen molar-refractivity contribution in [3.63, 3.8) is 0 Å². The number of carboxylic acid groups (broad SMARTS) is 1. The van der Waals surface area contributed by atoms with Gasteiger partial charge in [0, 0.05) is 11.6 Å². The highest BCUT2D eigenvalue weighted by atomic mass is 79.9. The summed E-state index contributed by atoms with van der Waals surface area (Å²) in [5.74, 6) is -1.71. The molecule has 2 rings (SSSR count). The van der Waals surface area contributed by atoms with Crippen LogP contribution in [0.25, 0.3) is 10.9 Å². The van der Waals surface area contributed by atoms with Crippen LogP contribution in [0.3, 0.4) is 0 Å². The fourth-order valence-corrected chi connectivity index (χ4v) is 1.80. The summed E-state index contributed by atoms with van der Waals surface area (Å²) in [6.45, 7) is 0. The van der Waals surface area contributed by atoms with Gasteiger partial charge in [-0.3, -0.25) is 4.98 Å². The van der Waals surface area contributed by atoms with Gasteiger partial charge >= 0.3 is 5.97 Å². The average Bonchev–Trinajstić information content (AvgIpc) is 2.25. The molecule has 0 aliphatic heterocycles. The van der Waals surface area contributed by atoms with Crippen LogP contribution >= 0.6 is 27.5 Å². The Morgan fingerprint density at radius 2 is 2.19 bits per heavy atom. The van der Waals surface area contributed by atoms with Crippen LogP contribution in [0.4, 0.5) is 4.39 Å². The van der Waals surface area contributed by atoms with Gasteiger partial charge < -0.3 is 5.11 Å². The number of benzene rings is 1. The quantitative estimate of drug-likeness (QED) is 0.821. The third-order valence-electron chi connectivity index (χ3n) is 2.06. The Balaban J connectivity index is 2.81. The number of fused-ring (bicyclic) bond motifs is 1. The highest BCUT2D eigenvalue weighted by Crippen LogP contribution is 2.31. The second kappa shape index (κ2) is 3.99. The van der Waals surface area contributed by atoms with Gasteiger partial charge in [-0.25, -0.2) is 9.18 Å². The number of aromatic carboxylic acids is 1.